The Morgan fingerprint density at radius 2 is 0.660 bits per heavy atom. The van der Waals surface area contributed by atoms with Crippen LogP contribution < -0.4 is 0 Å². The number of benzene rings is 10. The minimum atomic E-state index is 0.917. The van der Waals surface area contributed by atoms with Crippen LogP contribution >= 0.6 is 0 Å². The van der Waals surface area contributed by atoms with Crippen molar-refractivity contribution in [3.8, 4) is 44.5 Å². The van der Waals surface area contributed by atoms with E-state index in [1.54, 1.807) is 0 Å². The molecular weight excluding hydrogens is 641 g/mol. The van der Waals surface area contributed by atoms with Gasteiger partial charge in [0.05, 0.1) is 0 Å². The van der Waals surface area contributed by atoms with Crippen LogP contribution in [0.5, 0.6) is 0 Å². The summed E-state index contributed by atoms with van der Waals surface area (Å²) in [6, 6.07) is 70.7. The average Bonchev–Trinajstić information content (AvgIpc) is 3.60. The summed E-state index contributed by atoms with van der Waals surface area (Å²) < 4.78 is 6.10. The van der Waals surface area contributed by atoms with E-state index >= 15 is 0 Å². The maximum absolute atomic E-state index is 6.10. The van der Waals surface area contributed by atoms with E-state index in [0.29, 0.717) is 0 Å². The van der Waals surface area contributed by atoms with Crippen molar-refractivity contribution in [1.29, 1.82) is 0 Å². The first kappa shape index (κ1) is 29.7. The molecule has 53 heavy (non-hydrogen) atoms. The number of hydrogen-bond acceptors (Lipinski definition) is 1. The Morgan fingerprint density at radius 3 is 1.28 bits per heavy atom. The van der Waals surface area contributed by atoms with E-state index in [-0.39, 0.29) is 0 Å². The lowest BCUT2D eigenvalue weighted by molar-refractivity contribution is 0.669. The molecule has 0 radical (unpaired) electrons. The molecule has 0 N–H and O–H groups in total. The largest absolute Gasteiger partial charge is 0.456 e. The van der Waals surface area contributed by atoms with Crippen molar-refractivity contribution in [2.45, 2.75) is 0 Å². The lowest BCUT2D eigenvalue weighted by Crippen LogP contribution is -1.93. The predicted molar refractivity (Wildman–Crippen MR) is 225 cm³/mol. The van der Waals surface area contributed by atoms with Gasteiger partial charge in [0.15, 0.2) is 0 Å². The summed E-state index contributed by atoms with van der Waals surface area (Å²) in [7, 11) is 0. The fourth-order valence-electron chi connectivity index (χ4n) is 8.59. The van der Waals surface area contributed by atoms with E-state index in [9.17, 15) is 0 Å². The lowest BCUT2D eigenvalue weighted by atomic mass is 9.83. The maximum Gasteiger partial charge on any atom is 0.135 e. The molecule has 0 aliphatic rings. The minimum Gasteiger partial charge on any atom is -0.456 e. The molecule has 0 atom stereocenters. The standard InChI is InChI=1S/C52H32O/c1-3-15-39-35(11-1)13-9-20-42(39)51-44-18-5-6-19-45(44)52(43-21-10-14-36-12-2-4-16-40(36)43)48-32-37(27-29-46(48)51)33-23-25-34(26-24-33)38-28-30-50-47(31-38)41-17-7-8-22-49(41)53-50/h1-32H. The van der Waals surface area contributed by atoms with Crippen molar-refractivity contribution in [3.63, 3.8) is 0 Å². The molecule has 1 heterocycles. The van der Waals surface area contributed by atoms with Crippen LogP contribution in [-0.4, -0.2) is 0 Å². The zero-order chi connectivity index (χ0) is 34.9. The van der Waals surface area contributed by atoms with Crippen molar-refractivity contribution < 1.29 is 4.42 Å². The van der Waals surface area contributed by atoms with Gasteiger partial charge >= 0.3 is 0 Å². The van der Waals surface area contributed by atoms with Gasteiger partial charge in [0.2, 0.25) is 0 Å². The summed E-state index contributed by atoms with van der Waals surface area (Å²) in [5.74, 6) is 0. The zero-order valence-corrected chi connectivity index (χ0v) is 28.9. The molecule has 0 amide bonds. The van der Waals surface area contributed by atoms with Gasteiger partial charge in [-0.05, 0) is 112 Å². The Morgan fingerprint density at radius 1 is 0.245 bits per heavy atom. The van der Waals surface area contributed by atoms with E-state index in [0.717, 1.165) is 21.9 Å². The second-order valence-electron chi connectivity index (χ2n) is 14.0. The molecule has 11 aromatic rings. The third kappa shape index (κ3) is 4.71. The molecule has 0 unspecified atom stereocenters. The topological polar surface area (TPSA) is 13.1 Å². The molecule has 0 saturated carbocycles. The van der Waals surface area contributed by atoms with E-state index in [1.807, 2.05) is 12.1 Å². The molecule has 1 aromatic heterocycles. The van der Waals surface area contributed by atoms with Crippen LogP contribution in [0.2, 0.25) is 0 Å². The van der Waals surface area contributed by atoms with Crippen molar-refractivity contribution in [1.82, 2.24) is 0 Å². The average molecular weight is 673 g/mol. The molecule has 0 bridgehead atoms. The quantitative estimate of drug-likeness (QED) is 0.170. The number of hydrogen-bond donors (Lipinski definition) is 0. The number of rotatable bonds is 4. The Kier molecular flexibility index (Phi) is 6.62. The van der Waals surface area contributed by atoms with E-state index in [4.69, 9.17) is 4.42 Å². The zero-order valence-electron chi connectivity index (χ0n) is 28.9. The second-order valence-corrected chi connectivity index (χ2v) is 14.0. The van der Waals surface area contributed by atoms with Crippen molar-refractivity contribution in [3.05, 3.63) is 194 Å². The molecule has 0 fully saturated rings. The fourth-order valence-corrected chi connectivity index (χ4v) is 8.59. The highest BCUT2D eigenvalue weighted by Gasteiger charge is 2.20. The molecule has 1 nitrogen and oxygen atoms in total. The normalized spacial score (nSPS) is 11.8. The molecular formula is C52H32O. The summed E-state index contributed by atoms with van der Waals surface area (Å²) in [6.45, 7) is 0. The smallest absolute Gasteiger partial charge is 0.135 e. The summed E-state index contributed by atoms with van der Waals surface area (Å²) in [6.07, 6.45) is 0. The number of fused-ring (bicyclic) bond motifs is 7. The third-order valence-electron chi connectivity index (χ3n) is 11.1. The summed E-state index contributed by atoms with van der Waals surface area (Å²) >= 11 is 0. The number of furan rings is 1. The maximum atomic E-state index is 6.10. The first-order chi connectivity index (χ1) is 26.3. The van der Waals surface area contributed by atoms with Crippen molar-refractivity contribution in [2.24, 2.45) is 0 Å². The minimum absolute atomic E-state index is 0.917. The van der Waals surface area contributed by atoms with Crippen LogP contribution in [-0.2, 0) is 0 Å². The molecule has 0 saturated heterocycles. The van der Waals surface area contributed by atoms with Gasteiger partial charge in [-0.15, -0.1) is 0 Å². The van der Waals surface area contributed by atoms with Gasteiger partial charge in [0.25, 0.3) is 0 Å². The van der Waals surface area contributed by atoms with Crippen LogP contribution in [0.15, 0.2) is 199 Å². The van der Waals surface area contributed by atoms with Gasteiger partial charge in [-0.1, -0.05) is 170 Å². The van der Waals surface area contributed by atoms with Gasteiger partial charge in [-0.3, -0.25) is 0 Å². The molecule has 246 valence electrons. The SMILES string of the molecule is c1ccc2c(-c3c4ccccc4c(-c4cccc5ccccc45)c4cc(-c5ccc(-c6ccc7oc8ccccc8c7c6)cc5)ccc34)cccc2c1. The van der Waals surface area contributed by atoms with Crippen LogP contribution in [0.3, 0.4) is 0 Å². The molecule has 0 aliphatic heterocycles. The van der Waals surface area contributed by atoms with Crippen LogP contribution in [0.25, 0.3) is 110 Å². The van der Waals surface area contributed by atoms with E-state index < -0.39 is 0 Å². The second kappa shape index (κ2) is 11.8. The third-order valence-corrected chi connectivity index (χ3v) is 11.1. The summed E-state index contributed by atoms with van der Waals surface area (Å²) in [4.78, 5) is 0. The molecule has 0 spiro atoms. The van der Waals surface area contributed by atoms with Crippen molar-refractivity contribution in [2.75, 3.05) is 0 Å². The predicted octanol–water partition coefficient (Wildman–Crippen LogP) is 14.9. The van der Waals surface area contributed by atoms with Gasteiger partial charge in [0.1, 0.15) is 11.2 Å². The Balaban J connectivity index is 1.14. The molecule has 1 heteroatoms. The Bertz CT molecular complexity index is 3210. The first-order valence-electron chi connectivity index (χ1n) is 18.3. The molecule has 11 rings (SSSR count). The highest BCUT2D eigenvalue weighted by atomic mass is 16.3. The Hall–Kier alpha value is -6.96. The fraction of sp³-hybridized carbons (Fsp3) is 0. The highest BCUT2D eigenvalue weighted by Crippen LogP contribution is 2.47. The Labute approximate surface area is 307 Å². The monoisotopic (exact) mass is 672 g/mol. The van der Waals surface area contributed by atoms with Crippen LogP contribution in [0, 0.1) is 0 Å². The number of para-hydroxylation sites is 1. The lowest BCUT2D eigenvalue weighted by Gasteiger charge is -2.20. The van der Waals surface area contributed by atoms with Gasteiger partial charge in [-0.25, -0.2) is 0 Å². The summed E-state index contributed by atoms with van der Waals surface area (Å²) in [5.41, 5.74) is 11.6. The van der Waals surface area contributed by atoms with E-state index in [1.165, 1.54) is 87.6 Å². The van der Waals surface area contributed by atoms with Gasteiger partial charge in [0, 0.05) is 10.8 Å². The van der Waals surface area contributed by atoms with Gasteiger partial charge < -0.3 is 4.42 Å². The van der Waals surface area contributed by atoms with Gasteiger partial charge in [-0.2, -0.15) is 0 Å². The van der Waals surface area contributed by atoms with Crippen LogP contribution in [0.1, 0.15) is 0 Å². The van der Waals surface area contributed by atoms with Crippen LogP contribution in [0.4, 0.5) is 0 Å². The first-order valence-corrected chi connectivity index (χ1v) is 18.3. The molecule has 0 aliphatic carbocycles. The highest BCUT2D eigenvalue weighted by molar-refractivity contribution is 6.25. The molecule has 10 aromatic carbocycles. The van der Waals surface area contributed by atoms with E-state index in [2.05, 4.69) is 182 Å². The summed E-state index contributed by atoms with van der Waals surface area (Å²) in [5, 5.41) is 12.3. The van der Waals surface area contributed by atoms with Crippen molar-refractivity contribution >= 4 is 65.0 Å².